The lowest BCUT2D eigenvalue weighted by Gasteiger charge is -2.20. The molecule has 7 nitrogen and oxygen atoms in total. The molecule has 0 aliphatic heterocycles. The highest BCUT2D eigenvalue weighted by molar-refractivity contribution is 6.33. The van der Waals surface area contributed by atoms with Gasteiger partial charge in [-0.2, -0.15) is 5.10 Å². The number of benzene rings is 1. The van der Waals surface area contributed by atoms with Gasteiger partial charge in [-0.3, -0.25) is 9.48 Å². The fraction of sp³-hybridized carbons (Fsp3) is 0.478. The summed E-state index contributed by atoms with van der Waals surface area (Å²) in [5, 5.41) is 13.4. The number of aromatic nitrogens is 4. The first kappa shape index (κ1) is 23.0. The molecule has 8 heteroatoms. The third kappa shape index (κ3) is 5.53. The molecule has 2 aromatic heterocycles. The number of halogens is 1. The normalized spacial score (nSPS) is 11.3. The standard InChI is InChI=1S/C23H30ClN5O2/c1-6-11-28(14-21-25-26-23(31-21)18-9-7-8-10-20(18)24)22(30)12-19-16(4)27-29(17(19)5)13-15(2)3/h7-10,15H,6,11-14H2,1-5H3. The number of nitrogens with zero attached hydrogens (tertiary/aromatic N) is 5. The van der Waals surface area contributed by atoms with Gasteiger partial charge in [0.25, 0.3) is 0 Å². The van der Waals surface area contributed by atoms with E-state index in [1.165, 1.54) is 0 Å². The zero-order chi connectivity index (χ0) is 22.5. The van der Waals surface area contributed by atoms with Crippen LogP contribution in [0, 0.1) is 19.8 Å². The molecule has 3 rings (SSSR count). The molecule has 31 heavy (non-hydrogen) atoms. The summed E-state index contributed by atoms with van der Waals surface area (Å²) in [6, 6.07) is 7.31. The van der Waals surface area contributed by atoms with Gasteiger partial charge in [0.15, 0.2) is 0 Å². The summed E-state index contributed by atoms with van der Waals surface area (Å²) in [5.74, 6) is 1.25. The second-order valence-electron chi connectivity index (χ2n) is 8.20. The van der Waals surface area contributed by atoms with Crippen LogP contribution in [0.3, 0.4) is 0 Å². The van der Waals surface area contributed by atoms with Crippen molar-refractivity contribution in [1.29, 1.82) is 0 Å². The summed E-state index contributed by atoms with van der Waals surface area (Å²) in [4.78, 5) is 14.9. The van der Waals surface area contributed by atoms with Crippen molar-refractivity contribution in [1.82, 2.24) is 24.9 Å². The van der Waals surface area contributed by atoms with E-state index in [4.69, 9.17) is 16.0 Å². The predicted molar refractivity (Wildman–Crippen MR) is 121 cm³/mol. The van der Waals surface area contributed by atoms with Crippen molar-refractivity contribution in [3.63, 3.8) is 0 Å². The lowest BCUT2D eigenvalue weighted by atomic mass is 10.1. The largest absolute Gasteiger partial charge is 0.419 e. The van der Waals surface area contributed by atoms with Crippen molar-refractivity contribution in [2.24, 2.45) is 5.92 Å². The fourth-order valence-electron chi connectivity index (χ4n) is 3.56. The Hall–Kier alpha value is -2.67. The molecule has 0 bridgehead atoms. The second kappa shape index (κ2) is 10.1. The molecular weight excluding hydrogens is 414 g/mol. The Balaban J connectivity index is 1.75. The zero-order valence-electron chi connectivity index (χ0n) is 18.9. The maximum atomic E-state index is 13.2. The van der Waals surface area contributed by atoms with Gasteiger partial charge in [0.2, 0.25) is 17.7 Å². The molecule has 0 atom stereocenters. The minimum Gasteiger partial charge on any atom is -0.419 e. The van der Waals surface area contributed by atoms with Gasteiger partial charge >= 0.3 is 0 Å². The Morgan fingerprint density at radius 1 is 1.23 bits per heavy atom. The van der Waals surface area contributed by atoms with E-state index in [-0.39, 0.29) is 12.5 Å². The molecule has 0 aliphatic carbocycles. The van der Waals surface area contributed by atoms with Crippen molar-refractivity contribution < 1.29 is 9.21 Å². The SMILES string of the molecule is CCCN(Cc1nnc(-c2ccccc2Cl)o1)C(=O)Cc1c(C)nn(CC(C)C)c1C. The topological polar surface area (TPSA) is 77.1 Å². The highest BCUT2D eigenvalue weighted by Crippen LogP contribution is 2.26. The van der Waals surface area contributed by atoms with E-state index in [9.17, 15) is 4.79 Å². The van der Waals surface area contributed by atoms with E-state index in [0.29, 0.717) is 41.3 Å². The van der Waals surface area contributed by atoms with Crippen LogP contribution in [0.1, 0.15) is 50.0 Å². The van der Waals surface area contributed by atoms with Crippen LogP contribution in [-0.2, 0) is 24.3 Å². The number of carbonyl (C=O) groups is 1. The van der Waals surface area contributed by atoms with Crippen LogP contribution in [0.25, 0.3) is 11.5 Å². The number of rotatable bonds is 9. The number of carbonyl (C=O) groups excluding carboxylic acids is 1. The molecule has 1 aromatic carbocycles. The molecule has 0 radical (unpaired) electrons. The molecule has 166 valence electrons. The van der Waals surface area contributed by atoms with Gasteiger partial charge in [-0.1, -0.05) is 44.5 Å². The Morgan fingerprint density at radius 3 is 2.65 bits per heavy atom. The summed E-state index contributed by atoms with van der Waals surface area (Å²) in [5.41, 5.74) is 3.63. The Kier molecular flexibility index (Phi) is 7.49. The second-order valence-corrected chi connectivity index (χ2v) is 8.61. The number of hydrogen-bond acceptors (Lipinski definition) is 5. The minimum atomic E-state index is 0.0228. The van der Waals surface area contributed by atoms with E-state index in [2.05, 4.69) is 29.1 Å². The van der Waals surface area contributed by atoms with Crippen LogP contribution >= 0.6 is 11.6 Å². The fourth-order valence-corrected chi connectivity index (χ4v) is 3.78. The molecule has 0 unspecified atom stereocenters. The summed E-state index contributed by atoms with van der Waals surface area (Å²) in [6.07, 6.45) is 1.14. The van der Waals surface area contributed by atoms with Crippen LogP contribution in [0.15, 0.2) is 28.7 Å². The molecular formula is C23H30ClN5O2. The van der Waals surface area contributed by atoms with Gasteiger partial charge in [0.05, 0.1) is 29.2 Å². The number of aryl methyl sites for hydroxylation is 1. The van der Waals surface area contributed by atoms with Gasteiger partial charge in [-0.15, -0.1) is 10.2 Å². The first-order chi connectivity index (χ1) is 14.8. The molecule has 0 N–H and O–H groups in total. The maximum Gasteiger partial charge on any atom is 0.249 e. The summed E-state index contributed by atoms with van der Waals surface area (Å²) in [7, 11) is 0. The molecule has 3 aromatic rings. The predicted octanol–water partition coefficient (Wildman–Crippen LogP) is 4.84. The lowest BCUT2D eigenvalue weighted by molar-refractivity contribution is -0.131. The van der Waals surface area contributed by atoms with Crippen LogP contribution in [0.2, 0.25) is 5.02 Å². The van der Waals surface area contributed by atoms with Crippen molar-refractivity contribution in [3.8, 4) is 11.5 Å². The third-order valence-electron chi connectivity index (χ3n) is 5.14. The van der Waals surface area contributed by atoms with Gasteiger partial charge in [-0.05, 0) is 38.3 Å². The molecule has 0 fully saturated rings. The monoisotopic (exact) mass is 443 g/mol. The smallest absolute Gasteiger partial charge is 0.249 e. The van der Waals surface area contributed by atoms with Gasteiger partial charge < -0.3 is 9.32 Å². The van der Waals surface area contributed by atoms with Crippen LogP contribution in [-0.4, -0.2) is 37.3 Å². The number of amides is 1. The highest BCUT2D eigenvalue weighted by atomic mass is 35.5. The Morgan fingerprint density at radius 2 is 1.97 bits per heavy atom. The first-order valence-electron chi connectivity index (χ1n) is 10.7. The Bertz CT molecular complexity index is 1040. The molecule has 0 saturated heterocycles. The highest BCUT2D eigenvalue weighted by Gasteiger charge is 2.22. The van der Waals surface area contributed by atoms with E-state index in [0.717, 1.165) is 29.9 Å². The van der Waals surface area contributed by atoms with E-state index in [1.807, 2.05) is 43.7 Å². The van der Waals surface area contributed by atoms with Gasteiger partial charge in [0, 0.05) is 24.3 Å². The van der Waals surface area contributed by atoms with Crippen LogP contribution in [0.4, 0.5) is 0 Å². The van der Waals surface area contributed by atoms with Crippen molar-refractivity contribution in [3.05, 3.63) is 52.1 Å². The van der Waals surface area contributed by atoms with Crippen LogP contribution < -0.4 is 0 Å². The van der Waals surface area contributed by atoms with E-state index >= 15 is 0 Å². The average Bonchev–Trinajstić information content (AvgIpc) is 3.27. The van der Waals surface area contributed by atoms with E-state index < -0.39 is 0 Å². The van der Waals surface area contributed by atoms with E-state index in [1.54, 1.807) is 11.0 Å². The summed E-state index contributed by atoms with van der Waals surface area (Å²) in [6.45, 7) is 12.1. The van der Waals surface area contributed by atoms with Crippen molar-refractivity contribution in [2.75, 3.05) is 6.54 Å². The average molecular weight is 444 g/mol. The zero-order valence-corrected chi connectivity index (χ0v) is 19.6. The molecule has 2 heterocycles. The molecule has 0 aliphatic rings. The number of hydrogen-bond donors (Lipinski definition) is 0. The molecule has 0 saturated carbocycles. The van der Waals surface area contributed by atoms with Crippen molar-refractivity contribution >= 4 is 17.5 Å². The molecule has 1 amide bonds. The summed E-state index contributed by atoms with van der Waals surface area (Å²) >= 11 is 6.23. The lowest BCUT2D eigenvalue weighted by Crippen LogP contribution is -2.33. The van der Waals surface area contributed by atoms with Crippen molar-refractivity contribution in [2.45, 2.75) is 60.5 Å². The minimum absolute atomic E-state index is 0.0228. The maximum absolute atomic E-state index is 13.2. The van der Waals surface area contributed by atoms with Gasteiger partial charge in [0.1, 0.15) is 0 Å². The third-order valence-corrected chi connectivity index (χ3v) is 5.47. The first-order valence-corrected chi connectivity index (χ1v) is 11.1. The van der Waals surface area contributed by atoms with Crippen LogP contribution in [0.5, 0.6) is 0 Å². The quantitative estimate of drug-likeness (QED) is 0.472. The Labute approximate surface area is 188 Å². The molecule has 0 spiro atoms. The summed E-state index contributed by atoms with van der Waals surface area (Å²) < 4.78 is 7.81. The van der Waals surface area contributed by atoms with Gasteiger partial charge in [-0.25, -0.2) is 0 Å².